The predicted molar refractivity (Wildman–Crippen MR) is 376 cm³/mol. The van der Waals surface area contributed by atoms with E-state index in [2.05, 4.69) is 303 Å². The highest BCUT2D eigenvalue weighted by Crippen LogP contribution is 2.54. The maximum atomic E-state index is 2.60. The summed E-state index contributed by atoms with van der Waals surface area (Å²) in [5.74, 6) is 0. The fourth-order valence-electron chi connectivity index (χ4n) is 14.6. The molecule has 4 aliphatic rings. The van der Waals surface area contributed by atoms with Crippen LogP contribution in [0.15, 0.2) is 218 Å². The lowest BCUT2D eigenvalue weighted by atomic mass is 9.79. The van der Waals surface area contributed by atoms with Gasteiger partial charge in [0.2, 0.25) is 0 Å². The van der Waals surface area contributed by atoms with Crippen LogP contribution in [0, 0.1) is 0 Å². The van der Waals surface area contributed by atoms with Crippen LogP contribution < -0.4 is 9.80 Å². The SMILES string of the molecule is CCC(C)(C)c1ccc2c(N(c3ccc(-c4ccccc4)cc3)c3cccc(-n4c5c(c6c4C=CCC6)CCC=C5)c3)c3cc(C(C)(C)CC)ccc3c(N(c3ccc(-c4ccccc4)cc3)c3cccc(-n4c5c(c6c4C=CCC6)CCC=C5)c3)c2c1. The van der Waals surface area contributed by atoms with Gasteiger partial charge in [-0.1, -0.05) is 187 Å². The molecule has 2 aromatic heterocycles. The Morgan fingerprint density at radius 1 is 0.330 bits per heavy atom. The minimum absolute atomic E-state index is 0.107. The van der Waals surface area contributed by atoms with Crippen LogP contribution in [0.2, 0.25) is 0 Å². The fraction of sp³-hybridized carbons (Fsp3) is 0.214. The smallest absolute Gasteiger partial charge is 0.0620 e. The highest BCUT2D eigenvalue weighted by molar-refractivity contribution is 6.23. The van der Waals surface area contributed by atoms with Crippen molar-refractivity contribution in [1.82, 2.24) is 9.13 Å². The van der Waals surface area contributed by atoms with Gasteiger partial charge < -0.3 is 18.9 Å². The number of aromatic nitrogens is 2. The van der Waals surface area contributed by atoms with Gasteiger partial charge in [0.1, 0.15) is 0 Å². The molecule has 434 valence electrons. The maximum absolute atomic E-state index is 2.60. The van der Waals surface area contributed by atoms with Crippen molar-refractivity contribution in [3.05, 3.63) is 275 Å². The summed E-state index contributed by atoms with van der Waals surface area (Å²) in [6.45, 7) is 14.3. The van der Waals surface area contributed by atoms with Crippen LogP contribution in [-0.4, -0.2) is 9.13 Å². The first-order valence-corrected chi connectivity index (χ1v) is 32.4. The Morgan fingerprint density at radius 3 is 1.01 bits per heavy atom. The molecule has 4 heteroatoms. The van der Waals surface area contributed by atoms with Crippen molar-refractivity contribution in [1.29, 1.82) is 0 Å². The molecule has 0 atom stereocenters. The molecule has 0 saturated carbocycles. The zero-order valence-corrected chi connectivity index (χ0v) is 52.0. The summed E-state index contributed by atoms with van der Waals surface area (Å²) in [7, 11) is 0. The molecule has 0 unspecified atom stereocenters. The van der Waals surface area contributed by atoms with Gasteiger partial charge in [-0.2, -0.15) is 0 Å². The second-order valence-electron chi connectivity index (χ2n) is 26.1. The third-order valence-electron chi connectivity index (χ3n) is 20.3. The van der Waals surface area contributed by atoms with E-state index >= 15 is 0 Å². The third-order valence-corrected chi connectivity index (χ3v) is 20.3. The molecular formula is C84H78N4. The molecule has 88 heavy (non-hydrogen) atoms. The van der Waals surface area contributed by atoms with Crippen molar-refractivity contribution < 1.29 is 0 Å². The molecular weight excluding hydrogens is 1060 g/mol. The van der Waals surface area contributed by atoms with Crippen molar-refractivity contribution in [3.63, 3.8) is 0 Å². The summed E-state index contributed by atoms with van der Waals surface area (Å²) in [6, 6.07) is 74.1. The third kappa shape index (κ3) is 9.51. The Kier molecular flexibility index (Phi) is 14.1. The number of allylic oxidation sites excluding steroid dienone is 4. The van der Waals surface area contributed by atoms with E-state index in [0.717, 1.165) is 87.0 Å². The first-order valence-electron chi connectivity index (χ1n) is 32.4. The van der Waals surface area contributed by atoms with Gasteiger partial charge in [0.25, 0.3) is 0 Å². The van der Waals surface area contributed by atoms with Crippen LogP contribution in [0.25, 0.3) is 79.5 Å². The molecule has 9 aromatic carbocycles. The van der Waals surface area contributed by atoms with Crippen LogP contribution >= 0.6 is 0 Å². The quantitative estimate of drug-likeness (QED) is 0.0797. The molecule has 0 saturated heterocycles. The standard InChI is InChI=1S/C84H78N4/c1-7-83(3,4)61-45-51-73-75(53-61)81(85(63-47-41-59(42-48-63)57-25-11-9-12-26-57)65-29-23-31-67(55-65)87-77-37-19-15-33-69(77)70-34-16-20-38-78(70)87)74-52-46-62(84(5,6)8-2)54-76(74)82(73)86(64-49-43-60(44-50-64)58-27-13-10-14-28-58)66-30-24-32-68(56-66)88-79-39-21-17-35-71(79)72-36-18-22-40-80(72)88/h9-14,19-32,37-56H,7-8,15-18,33-36H2,1-6H3. The molecule has 0 N–H and O–H groups in total. The van der Waals surface area contributed by atoms with E-state index in [1.807, 2.05) is 0 Å². The van der Waals surface area contributed by atoms with E-state index in [0.29, 0.717) is 0 Å². The number of hydrogen-bond acceptors (Lipinski definition) is 2. The highest BCUT2D eigenvalue weighted by atomic mass is 15.2. The zero-order valence-electron chi connectivity index (χ0n) is 52.0. The number of rotatable bonds is 14. The van der Waals surface area contributed by atoms with Crippen molar-refractivity contribution in [2.75, 3.05) is 9.80 Å². The number of anilines is 6. The monoisotopic (exact) mass is 1140 g/mol. The van der Waals surface area contributed by atoms with Gasteiger partial charge in [-0.05, 0) is 228 Å². The number of fused-ring (bicyclic) bond motifs is 8. The average Bonchev–Trinajstić information content (AvgIpc) is 1.23. The Labute approximate surface area is 520 Å². The molecule has 15 rings (SSSR count). The normalized spacial score (nSPS) is 14.2. The minimum atomic E-state index is -0.107. The molecule has 4 nitrogen and oxygen atoms in total. The summed E-state index contributed by atoms with van der Waals surface area (Å²) in [6.07, 6.45) is 29.6. The summed E-state index contributed by atoms with van der Waals surface area (Å²) >= 11 is 0. The van der Waals surface area contributed by atoms with Gasteiger partial charge in [0, 0.05) is 78.4 Å². The summed E-state index contributed by atoms with van der Waals surface area (Å²) in [5, 5.41) is 4.78. The number of nitrogens with zero attached hydrogens (tertiary/aromatic N) is 4. The Hall–Kier alpha value is -9.38. The summed E-state index contributed by atoms with van der Waals surface area (Å²) in [4.78, 5) is 5.21. The fourth-order valence-corrected chi connectivity index (χ4v) is 14.6. The summed E-state index contributed by atoms with van der Waals surface area (Å²) in [5.41, 5.74) is 27.6. The topological polar surface area (TPSA) is 16.3 Å². The van der Waals surface area contributed by atoms with E-state index in [9.17, 15) is 0 Å². The lowest BCUT2D eigenvalue weighted by Gasteiger charge is -2.35. The Balaban J connectivity index is 1.05. The van der Waals surface area contributed by atoms with Crippen LogP contribution in [0.5, 0.6) is 0 Å². The lowest BCUT2D eigenvalue weighted by molar-refractivity contribution is 0.506. The van der Waals surface area contributed by atoms with E-state index in [1.165, 1.54) is 123 Å². The maximum Gasteiger partial charge on any atom is 0.0620 e. The first kappa shape index (κ1) is 55.2. The van der Waals surface area contributed by atoms with E-state index < -0.39 is 0 Å². The first-order chi connectivity index (χ1) is 43.1. The molecule has 0 spiro atoms. The van der Waals surface area contributed by atoms with Gasteiger partial charge >= 0.3 is 0 Å². The van der Waals surface area contributed by atoms with Crippen LogP contribution in [0.1, 0.15) is 136 Å². The van der Waals surface area contributed by atoms with Gasteiger partial charge in [-0.25, -0.2) is 0 Å². The zero-order chi connectivity index (χ0) is 59.7. The van der Waals surface area contributed by atoms with Crippen LogP contribution in [-0.2, 0) is 36.5 Å². The average molecular weight is 1140 g/mol. The van der Waals surface area contributed by atoms with Crippen molar-refractivity contribution in [3.8, 4) is 33.6 Å². The van der Waals surface area contributed by atoms with Gasteiger partial charge in [0.05, 0.1) is 11.4 Å². The van der Waals surface area contributed by atoms with Gasteiger partial charge in [0.15, 0.2) is 0 Å². The predicted octanol–water partition coefficient (Wildman–Crippen LogP) is 23.1. The van der Waals surface area contributed by atoms with E-state index in [4.69, 9.17) is 0 Å². The largest absolute Gasteiger partial charge is 0.310 e. The molecule has 0 amide bonds. The lowest BCUT2D eigenvalue weighted by Crippen LogP contribution is -2.18. The molecule has 0 radical (unpaired) electrons. The van der Waals surface area contributed by atoms with E-state index in [1.54, 1.807) is 0 Å². The van der Waals surface area contributed by atoms with Crippen molar-refractivity contribution in [2.24, 2.45) is 0 Å². The molecule has 0 bridgehead atoms. The number of hydrogen-bond donors (Lipinski definition) is 0. The molecule has 2 heterocycles. The Bertz CT molecular complexity index is 4240. The van der Waals surface area contributed by atoms with Crippen LogP contribution in [0.3, 0.4) is 0 Å². The molecule has 4 aliphatic carbocycles. The highest BCUT2D eigenvalue weighted by Gasteiger charge is 2.32. The van der Waals surface area contributed by atoms with Gasteiger partial charge in [-0.3, -0.25) is 0 Å². The minimum Gasteiger partial charge on any atom is -0.310 e. The van der Waals surface area contributed by atoms with Crippen LogP contribution in [0.4, 0.5) is 34.1 Å². The van der Waals surface area contributed by atoms with E-state index in [-0.39, 0.29) is 10.8 Å². The molecule has 0 aliphatic heterocycles. The Morgan fingerprint density at radius 2 is 0.670 bits per heavy atom. The second kappa shape index (κ2) is 22.4. The van der Waals surface area contributed by atoms with Crippen molar-refractivity contribution in [2.45, 2.75) is 117 Å². The summed E-state index contributed by atoms with van der Waals surface area (Å²) < 4.78 is 5.11. The van der Waals surface area contributed by atoms with Gasteiger partial charge in [-0.15, -0.1) is 0 Å². The number of benzene rings is 9. The molecule has 0 fully saturated rings. The van der Waals surface area contributed by atoms with Crippen molar-refractivity contribution >= 4 is 80.0 Å². The molecule has 11 aromatic rings. The second-order valence-corrected chi connectivity index (χ2v) is 26.1.